The van der Waals surface area contributed by atoms with Crippen LogP contribution in [-0.2, 0) is 18.3 Å². The molecule has 0 aliphatic rings. The van der Waals surface area contributed by atoms with Gasteiger partial charge in [-0.25, -0.2) is 13.6 Å². The van der Waals surface area contributed by atoms with Crippen LogP contribution < -0.4 is 0 Å². The van der Waals surface area contributed by atoms with E-state index >= 15 is 0 Å². The number of benzene rings is 2. The summed E-state index contributed by atoms with van der Waals surface area (Å²) >= 11 is 0. The van der Waals surface area contributed by atoms with E-state index in [4.69, 9.17) is 4.74 Å². The standard InChI is InChI=1S/C26H26F2N2O4/c1-15-22(16(2)29(4)23(15)26(33)34-5)24(31)17(3)30(14-18-6-10-20(27)11-7-18)25(32)19-8-12-21(28)13-9-19/h6-13,17H,14H2,1-5H3. The number of hydrogen-bond acceptors (Lipinski definition) is 4. The quantitative estimate of drug-likeness (QED) is 0.375. The van der Waals surface area contributed by atoms with Crippen molar-refractivity contribution in [2.24, 2.45) is 7.05 Å². The predicted octanol–water partition coefficient (Wildman–Crippen LogP) is 4.62. The van der Waals surface area contributed by atoms with E-state index in [1.807, 2.05) is 0 Å². The van der Waals surface area contributed by atoms with Crippen LogP contribution in [0, 0.1) is 25.5 Å². The lowest BCUT2D eigenvalue weighted by atomic mass is 9.98. The summed E-state index contributed by atoms with van der Waals surface area (Å²) in [6, 6.07) is 9.72. The maximum absolute atomic E-state index is 13.7. The Hall–Kier alpha value is -3.81. The predicted molar refractivity (Wildman–Crippen MR) is 123 cm³/mol. The lowest BCUT2D eigenvalue weighted by Crippen LogP contribution is -2.43. The Kier molecular flexibility index (Phi) is 7.29. The van der Waals surface area contributed by atoms with Crippen LogP contribution in [0.5, 0.6) is 0 Å². The second-order valence-corrected chi connectivity index (χ2v) is 8.09. The van der Waals surface area contributed by atoms with Crippen LogP contribution in [0.2, 0.25) is 0 Å². The van der Waals surface area contributed by atoms with Gasteiger partial charge in [-0.15, -0.1) is 0 Å². The average molecular weight is 469 g/mol. The molecule has 6 nitrogen and oxygen atoms in total. The molecule has 3 rings (SSSR count). The van der Waals surface area contributed by atoms with Gasteiger partial charge in [-0.2, -0.15) is 0 Å². The fourth-order valence-electron chi connectivity index (χ4n) is 4.01. The van der Waals surface area contributed by atoms with Gasteiger partial charge in [-0.05, 0) is 68.3 Å². The monoisotopic (exact) mass is 468 g/mol. The van der Waals surface area contributed by atoms with Gasteiger partial charge in [0, 0.05) is 30.4 Å². The minimum Gasteiger partial charge on any atom is -0.464 e. The van der Waals surface area contributed by atoms with Crippen molar-refractivity contribution in [3.05, 3.63) is 93.8 Å². The van der Waals surface area contributed by atoms with Crippen LogP contribution >= 0.6 is 0 Å². The molecule has 1 unspecified atom stereocenters. The normalized spacial score (nSPS) is 11.7. The molecule has 178 valence electrons. The summed E-state index contributed by atoms with van der Waals surface area (Å²) in [5.41, 5.74) is 2.43. The van der Waals surface area contributed by atoms with Crippen LogP contribution in [-0.4, -0.2) is 40.3 Å². The van der Waals surface area contributed by atoms with Gasteiger partial charge >= 0.3 is 5.97 Å². The van der Waals surface area contributed by atoms with Crippen molar-refractivity contribution in [1.82, 2.24) is 9.47 Å². The molecule has 34 heavy (non-hydrogen) atoms. The summed E-state index contributed by atoms with van der Waals surface area (Å²) in [6.07, 6.45) is 0. The molecule has 2 aromatic carbocycles. The lowest BCUT2D eigenvalue weighted by molar-refractivity contribution is 0.0587. The number of aromatic nitrogens is 1. The van der Waals surface area contributed by atoms with Crippen LogP contribution in [0.1, 0.15) is 54.9 Å². The fraction of sp³-hybridized carbons (Fsp3) is 0.269. The molecule has 1 atom stereocenters. The molecule has 0 aliphatic heterocycles. The number of amides is 1. The Morgan fingerprint density at radius 2 is 1.50 bits per heavy atom. The minimum atomic E-state index is -0.937. The van der Waals surface area contributed by atoms with E-state index in [9.17, 15) is 23.2 Å². The summed E-state index contributed by atoms with van der Waals surface area (Å²) in [5.74, 6) is -2.32. The first-order valence-electron chi connectivity index (χ1n) is 10.7. The molecule has 0 fully saturated rings. The third-order valence-corrected chi connectivity index (χ3v) is 6.02. The number of methoxy groups -OCH3 is 1. The first-order chi connectivity index (χ1) is 16.1. The van der Waals surface area contributed by atoms with E-state index in [1.54, 1.807) is 32.4 Å². The Bertz CT molecular complexity index is 1230. The fourth-order valence-corrected chi connectivity index (χ4v) is 4.01. The molecule has 3 aromatic rings. The second kappa shape index (κ2) is 9.99. The van der Waals surface area contributed by atoms with Crippen LogP contribution in [0.4, 0.5) is 8.78 Å². The highest BCUT2D eigenvalue weighted by atomic mass is 19.1. The third kappa shape index (κ3) is 4.76. The van der Waals surface area contributed by atoms with E-state index in [1.165, 1.54) is 60.5 Å². The van der Waals surface area contributed by atoms with Crippen LogP contribution in [0.3, 0.4) is 0 Å². The van der Waals surface area contributed by atoms with E-state index in [0.717, 1.165) is 0 Å². The van der Waals surface area contributed by atoms with Gasteiger partial charge in [0.05, 0.1) is 13.2 Å². The van der Waals surface area contributed by atoms with Gasteiger partial charge in [0.15, 0.2) is 5.78 Å². The highest BCUT2D eigenvalue weighted by Gasteiger charge is 2.33. The Balaban J connectivity index is 2.04. The molecule has 0 N–H and O–H groups in total. The van der Waals surface area contributed by atoms with Gasteiger partial charge in [0.25, 0.3) is 5.91 Å². The summed E-state index contributed by atoms with van der Waals surface area (Å²) in [6.45, 7) is 4.99. The lowest BCUT2D eigenvalue weighted by Gasteiger charge is -2.29. The number of ketones is 1. The maximum Gasteiger partial charge on any atom is 0.354 e. The van der Waals surface area contributed by atoms with Crippen molar-refractivity contribution in [3.63, 3.8) is 0 Å². The zero-order valence-corrected chi connectivity index (χ0v) is 19.7. The van der Waals surface area contributed by atoms with Crippen molar-refractivity contribution < 1.29 is 27.9 Å². The molecule has 0 bridgehead atoms. The Labute approximate surface area is 196 Å². The number of ether oxygens (including phenoxy) is 1. The summed E-state index contributed by atoms with van der Waals surface area (Å²) in [7, 11) is 2.93. The van der Waals surface area contributed by atoms with Crippen molar-refractivity contribution in [3.8, 4) is 0 Å². The minimum absolute atomic E-state index is 0.0260. The Morgan fingerprint density at radius 1 is 0.971 bits per heavy atom. The van der Waals surface area contributed by atoms with E-state index in [2.05, 4.69) is 0 Å². The molecular formula is C26H26F2N2O4. The smallest absolute Gasteiger partial charge is 0.354 e. The van der Waals surface area contributed by atoms with Gasteiger partial charge < -0.3 is 14.2 Å². The molecule has 0 spiro atoms. The Morgan fingerprint density at radius 3 is 2.03 bits per heavy atom. The average Bonchev–Trinajstić information content (AvgIpc) is 3.05. The first kappa shape index (κ1) is 24.8. The van der Waals surface area contributed by atoms with Crippen molar-refractivity contribution in [1.29, 1.82) is 0 Å². The second-order valence-electron chi connectivity index (χ2n) is 8.09. The van der Waals surface area contributed by atoms with Gasteiger partial charge in [0.1, 0.15) is 17.3 Å². The molecular weight excluding hydrogens is 442 g/mol. The largest absolute Gasteiger partial charge is 0.464 e. The first-order valence-corrected chi connectivity index (χ1v) is 10.7. The third-order valence-electron chi connectivity index (χ3n) is 6.02. The van der Waals surface area contributed by atoms with Gasteiger partial charge in [-0.1, -0.05) is 12.1 Å². The number of rotatable bonds is 7. The number of halogens is 2. The zero-order chi connectivity index (χ0) is 25.2. The molecule has 8 heteroatoms. The number of nitrogens with zero attached hydrogens (tertiary/aromatic N) is 2. The molecule has 1 amide bonds. The van der Waals surface area contributed by atoms with Gasteiger partial charge in [-0.3, -0.25) is 9.59 Å². The molecule has 1 heterocycles. The van der Waals surface area contributed by atoms with E-state index < -0.39 is 29.6 Å². The van der Waals surface area contributed by atoms with Gasteiger partial charge in [0.2, 0.25) is 0 Å². The SMILES string of the molecule is COC(=O)c1c(C)c(C(=O)C(C)N(Cc2ccc(F)cc2)C(=O)c2ccc(F)cc2)c(C)n1C. The van der Waals surface area contributed by atoms with Crippen LogP contribution in [0.25, 0.3) is 0 Å². The highest BCUT2D eigenvalue weighted by molar-refractivity contribution is 6.07. The molecule has 1 aromatic heterocycles. The topological polar surface area (TPSA) is 68.6 Å². The molecule has 0 radical (unpaired) electrons. The number of esters is 1. The van der Waals surface area contributed by atoms with E-state index in [0.29, 0.717) is 22.4 Å². The summed E-state index contributed by atoms with van der Waals surface area (Å²) < 4.78 is 33.3. The number of hydrogen-bond donors (Lipinski definition) is 0. The van der Waals surface area contributed by atoms with Crippen LogP contribution in [0.15, 0.2) is 48.5 Å². The number of Topliss-reactive ketones (excluding diaryl/α,β-unsaturated/α-hetero) is 1. The maximum atomic E-state index is 13.7. The van der Waals surface area contributed by atoms with Crippen molar-refractivity contribution in [2.45, 2.75) is 33.4 Å². The zero-order valence-electron chi connectivity index (χ0n) is 19.7. The van der Waals surface area contributed by atoms with E-state index in [-0.39, 0.29) is 23.6 Å². The number of carbonyl (C=O) groups is 3. The summed E-state index contributed by atoms with van der Waals surface area (Å²) in [5, 5.41) is 0. The molecule has 0 aliphatic carbocycles. The summed E-state index contributed by atoms with van der Waals surface area (Å²) in [4.78, 5) is 40.7. The molecule has 0 saturated heterocycles. The highest BCUT2D eigenvalue weighted by Crippen LogP contribution is 2.26. The number of carbonyl (C=O) groups excluding carboxylic acids is 3. The van der Waals surface area contributed by atoms with Crippen molar-refractivity contribution >= 4 is 17.7 Å². The van der Waals surface area contributed by atoms with Crippen molar-refractivity contribution in [2.75, 3.05) is 7.11 Å². The molecule has 0 saturated carbocycles.